The van der Waals surface area contributed by atoms with Crippen molar-refractivity contribution in [1.29, 1.82) is 0 Å². The van der Waals surface area contributed by atoms with Crippen molar-refractivity contribution in [3.63, 3.8) is 0 Å². The van der Waals surface area contributed by atoms with E-state index in [9.17, 15) is 0 Å². The van der Waals surface area contributed by atoms with E-state index in [4.69, 9.17) is 46.4 Å². The van der Waals surface area contributed by atoms with Crippen LogP contribution in [0.4, 0.5) is 0 Å². The summed E-state index contributed by atoms with van der Waals surface area (Å²) < 4.78 is 0. The number of hydrogen-bond acceptors (Lipinski definition) is 1. The smallest absolute Gasteiger partial charge is 0.0686 e. The summed E-state index contributed by atoms with van der Waals surface area (Å²) in [5.41, 5.74) is 2.69. The predicted molar refractivity (Wildman–Crippen MR) is 89.4 cm³/mol. The number of nitrogens with one attached hydrogen (secondary N) is 1. The molecule has 1 N–H and O–H groups in total. The van der Waals surface area contributed by atoms with Gasteiger partial charge in [-0.1, -0.05) is 64.6 Å². The molecule has 1 atom stereocenters. The van der Waals surface area contributed by atoms with Crippen LogP contribution < -0.4 is 5.32 Å². The fourth-order valence-corrected chi connectivity index (χ4v) is 2.98. The van der Waals surface area contributed by atoms with Gasteiger partial charge in [0.25, 0.3) is 0 Å². The minimum absolute atomic E-state index is 0.224. The molecule has 2 rings (SSSR count). The Morgan fingerprint density at radius 2 is 1.55 bits per heavy atom. The van der Waals surface area contributed by atoms with Crippen LogP contribution in [0, 0.1) is 0 Å². The molecule has 0 heterocycles. The molecule has 0 aliphatic rings. The first kappa shape index (κ1) is 15.9. The Bertz CT molecular complexity index is 614. The van der Waals surface area contributed by atoms with Crippen LogP contribution in [-0.4, -0.2) is 7.05 Å². The maximum atomic E-state index is 6.28. The van der Waals surface area contributed by atoms with Gasteiger partial charge in [-0.25, -0.2) is 0 Å². The summed E-state index contributed by atoms with van der Waals surface area (Å²) in [5, 5.41) is 4.80. The molecular weight excluding hydrogens is 336 g/mol. The molecule has 0 amide bonds. The lowest BCUT2D eigenvalue weighted by Gasteiger charge is -2.14. The molecule has 1 unspecified atom stereocenters. The first-order valence-electron chi connectivity index (χ1n) is 6.06. The summed E-state index contributed by atoms with van der Waals surface area (Å²) in [4.78, 5) is 0. The summed E-state index contributed by atoms with van der Waals surface area (Å²) in [6, 6.07) is 9.74. The molecule has 0 aliphatic heterocycles. The molecule has 0 spiro atoms. The van der Waals surface area contributed by atoms with Crippen LogP contribution >= 0.6 is 46.4 Å². The molecule has 0 aliphatic carbocycles. The second kappa shape index (κ2) is 6.55. The van der Waals surface area contributed by atoms with E-state index < -0.39 is 0 Å². The zero-order chi connectivity index (χ0) is 14.9. The van der Waals surface area contributed by atoms with E-state index in [0.717, 1.165) is 11.1 Å². The summed E-state index contributed by atoms with van der Waals surface area (Å²) in [5.74, 6) is 0. The molecule has 0 radical (unpaired) electrons. The zero-order valence-electron chi connectivity index (χ0n) is 11.0. The molecule has 0 aromatic heterocycles. The van der Waals surface area contributed by atoms with Crippen molar-refractivity contribution in [2.24, 2.45) is 0 Å². The predicted octanol–water partition coefficient (Wildman–Crippen LogP) is 6.25. The van der Waals surface area contributed by atoms with Gasteiger partial charge < -0.3 is 5.32 Å². The lowest BCUT2D eigenvalue weighted by molar-refractivity contribution is 0.652. The number of benzene rings is 2. The van der Waals surface area contributed by atoms with Gasteiger partial charge in [0.15, 0.2) is 0 Å². The van der Waals surface area contributed by atoms with Crippen molar-refractivity contribution in [3.05, 3.63) is 56.0 Å². The average molecular weight is 349 g/mol. The van der Waals surface area contributed by atoms with Crippen molar-refractivity contribution in [1.82, 2.24) is 5.32 Å². The maximum Gasteiger partial charge on any atom is 0.0686 e. The minimum Gasteiger partial charge on any atom is -0.313 e. The Balaban J connectivity index is 2.63. The van der Waals surface area contributed by atoms with E-state index >= 15 is 0 Å². The quantitative estimate of drug-likeness (QED) is 0.646. The van der Waals surface area contributed by atoms with E-state index in [-0.39, 0.29) is 6.04 Å². The summed E-state index contributed by atoms with van der Waals surface area (Å²) >= 11 is 24.7. The second-order valence-corrected chi connectivity index (χ2v) is 6.05. The third-order valence-corrected chi connectivity index (χ3v) is 4.79. The lowest BCUT2D eigenvalue weighted by Crippen LogP contribution is -2.12. The van der Waals surface area contributed by atoms with Gasteiger partial charge in [0, 0.05) is 11.6 Å². The highest BCUT2D eigenvalue weighted by atomic mass is 35.5. The van der Waals surface area contributed by atoms with Gasteiger partial charge in [0.05, 0.1) is 20.1 Å². The van der Waals surface area contributed by atoms with Gasteiger partial charge in [-0.15, -0.1) is 0 Å². The van der Waals surface area contributed by atoms with Gasteiger partial charge in [-0.05, 0) is 37.2 Å². The van der Waals surface area contributed by atoms with Crippen LogP contribution in [-0.2, 0) is 0 Å². The average Bonchev–Trinajstić information content (AvgIpc) is 2.45. The molecule has 5 heteroatoms. The SMILES string of the molecule is CNC(C)c1cccc(-c2c(Cl)c(Cl)cc(Cl)c2Cl)c1. The molecule has 106 valence electrons. The molecule has 20 heavy (non-hydrogen) atoms. The third-order valence-electron chi connectivity index (χ3n) is 3.22. The number of rotatable bonds is 3. The van der Waals surface area contributed by atoms with Crippen LogP contribution in [0.25, 0.3) is 11.1 Å². The van der Waals surface area contributed by atoms with Crippen molar-refractivity contribution in [2.45, 2.75) is 13.0 Å². The highest BCUT2D eigenvalue weighted by Crippen LogP contribution is 2.43. The van der Waals surface area contributed by atoms with E-state index in [0.29, 0.717) is 25.7 Å². The largest absolute Gasteiger partial charge is 0.313 e. The zero-order valence-corrected chi connectivity index (χ0v) is 14.0. The van der Waals surface area contributed by atoms with Gasteiger partial charge in [-0.2, -0.15) is 0 Å². The highest BCUT2D eigenvalue weighted by Gasteiger charge is 2.16. The van der Waals surface area contributed by atoms with Crippen molar-refractivity contribution < 1.29 is 0 Å². The van der Waals surface area contributed by atoms with Gasteiger partial charge in [0.2, 0.25) is 0 Å². The number of halogens is 4. The Morgan fingerprint density at radius 1 is 0.950 bits per heavy atom. The van der Waals surface area contributed by atoms with Gasteiger partial charge in [-0.3, -0.25) is 0 Å². The topological polar surface area (TPSA) is 12.0 Å². The number of hydrogen-bond donors (Lipinski definition) is 1. The molecular formula is C15H13Cl4N. The van der Waals surface area contributed by atoms with E-state index in [1.807, 2.05) is 31.3 Å². The first-order chi connectivity index (χ1) is 9.45. The van der Waals surface area contributed by atoms with Crippen molar-refractivity contribution in [2.75, 3.05) is 7.05 Å². The molecule has 0 saturated carbocycles. The normalized spacial score (nSPS) is 12.5. The molecule has 2 aromatic rings. The van der Waals surface area contributed by atoms with Crippen LogP contribution in [0.3, 0.4) is 0 Å². The summed E-state index contributed by atoms with van der Waals surface area (Å²) in [7, 11) is 1.91. The van der Waals surface area contributed by atoms with Crippen LogP contribution in [0.2, 0.25) is 20.1 Å². The van der Waals surface area contributed by atoms with Crippen molar-refractivity contribution >= 4 is 46.4 Å². The van der Waals surface area contributed by atoms with E-state index in [1.165, 1.54) is 0 Å². The molecule has 2 aromatic carbocycles. The molecule has 0 bridgehead atoms. The second-order valence-electron chi connectivity index (χ2n) is 4.48. The maximum absolute atomic E-state index is 6.28. The standard InChI is InChI=1S/C15H13Cl4N/c1-8(20-2)9-4-3-5-10(6-9)13-14(18)11(16)7-12(17)15(13)19/h3-8,20H,1-2H3. The van der Waals surface area contributed by atoms with E-state index in [2.05, 4.69) is 12.2 Å². The van der Waals surface area contributed by atoms with Gasteiger partial charge in [0.1, 0.15) is 0 Å². The van der Waals surface area contributed by atoms with Crippen molar-refractivity contribution in [3.8, 4) is 11.1 Å². The fraction of sp³-hybridized carbons (Fsp3) is 0.200. The Labute approximate surface area is 138 Å². The van der Waals surface area contributed by atoms with Crippen LogP contribution in [0.1, 0.15) is 18.5 Å². The van der Waals surface area contributed by atoms with Crippen LogP contribution in [0.5, 0.6) is 0 Å². The molecule has 1 nitrogen and oxygen atoms in total. The van der Waals surface area contributed by atoms with E-state index in [1.54, 1.807) is 6.07 Å². The Hall–Kier alpha value is -0.440. The van der Waals surface area contributed by atoms with Crippen LogP contribution in [0.15, 0.2) is 30.3 Å². The Morgan fingerprint density at radius 3 is 2.10 bits per heavy atom. The molecule has 0 fully saturated rings. The summed E-state index contributed by atoms with van der Waals surface area (Å²) in [6.07, 6.45) is 0. The highest BCUT2D eigenvalue weighted by molar-refractivity contribution is 6.50. The third kappa shape index (κ3) is 3.08. The first-order valence-corrected chi connectivity index (χ1v) is 7.57. The monoisotopic (exact) mass is 347 g/mol. The molecule has 0 saturated heterocycles. The van der Waals surface area contributed by atoms with Gasteiger partial charge >= 0.3 is 0 Å². The summed E-state index contributed by atoms with van der Waals surface area (Å²) in [6.45, 7) is 2.08. The lowest BCUT2D eigenvalue weighted by atomic mass is 10.00. The minimum atomic E-state index is 0.224. The Kier molecular flexibility index (Phi) is 5.22. The fourth-order valence-electron chi connectivity index (χ4n) is 1.96.